The predicted octanol–water partition coefficient (Wildman–Crippen LogP) is 16.6. The third-order valence-corrected chi connectivity index (χ3v) is 13.1. The highest BCUT2D eigenvalue weighted by Gasteiger charge is 2.27. The lowest BCUT2D eigenvalue weighted by molar-refractivity contribution is 0.487. The van der Waals surface area contributed by atoms with Gasteiger partial charge in [0.2, 0.25) is 0 Å². The zero-order valence-electron chi connectivity index (χ0n) is 34.9. The highest BCUT2D eigenvalue weighted by Crippen LogP contribution is 2.52. The van der Waals surface area contributed by atoms with Gasteiger partial charge in [-0.3, -0.25) is 0 Å². The van der Waals surface area contributed by atoms with E-state index < -0.39 is 0 Å². The highest BCUT2D eigenvalue weighted by atomic mass is 16.5. The minimum absolute atomic E-state index is 0.342. The zero-order chi connectivity index (χ0) is 41.7. The molecule has 3 nitrogen and oxygen atoms in total. The van der Waals surface area contributed by atoms with Crippen molar-refractivity contribution in [2.24, 2.45) is 0 Å². The molecule has 0 N–H and O–H groups in total. The van der Waals surface area contributed by atoms with Crippen LogP contribution < -0.4 is 14.5 Å². The molecule has 9 aromatic rings. The average Bonchev–Trinajstić information content (AvgIpc) is 3.35. The van der Waals surface area contributed by atoms with Crippen molar-refractivity contribution in [3.8, 4) is 22.6 Å². The molecule has 3 aliphatic rings. The molecule has 0 amide bonds. The van der Waals surface area contributed by atoms with E-state index in [0.29, 0.717) is 5.92 Å². The molecule has 63 heavy (non-hydrogen) atoms. The summed E-state index contributed by atoms with van der Waals surface area (Å²) in [4.78, 5) is 4.89. The fraction of sp³-hybridized carbons (Fsp3) is 0.0667. The summed E-state index contributed by atoms with van der Waals surface area (Å²) in [7, 11) is 0. The second-order valence-electron chi connectivity index (χ2n) is 16.8. The molecular formula is C60H44N2O. The van der Waals surface area contributed by atoms with Crippen LogP contribution in [0.15, 0.2) is 236 Å². The fourth-order valence-corrected chi connectivity index (χ4v) is 10.0. The lowest BCUT2D eigenvalue weighted by atomic mass is 9.91. The molecule has 12 rings (SSSR count). The fourth-order valence-electron chi connectivity index (χ4n) is 10.0. The molecule has 0 bridgehead atoms. The molecule has 300 valence electrons. The lowest BCUT2D eigenvalue weighted by Gasteiger charge is -2.33. The number of rotatable bonds is 8. The minimum Gasteiger partial charge on any atom is -0.456 e. The van der Waals surface area contributed by atoms with Crippen LogP contribution in [0.25, 0.3) is 49.0 Å². The van der Waals surface area contributed by atoms with Crippen molar-refractivity contribution in [2.75, 3.05) is 9.80 Å². The Kier molecular flexibility index (Phi) is 9.11. The van der Waals surface area contributed by atoms with Crippen LogP contribution in [0.2, 0.25) is 0 Å². The van der Waals surface area contributed by atoms with Gasteiger partial charge < -0.3 is 14.5 Å². The van der Waals surface area contributed by atoms with Crippen LogP contribution in [-0.4, -0.2) is 0 Å². The maximum absolute atomic E-state index is 7.04. The van der Waals surface area contributed by atoms with Crippen molar-refractivity contribution in [3.05, 3.63) is 247 Å². The molecule has 1 unspecified atom stereocenters. The minimum atomic E-state index is 0.342. The van der Waals surface area contributed by atoms with Crippen LogP contribution in [0.3, 0.4) is 0 Å². The van der Waals surface area contributed by atoms with Gasteiger partial charge in [0.15, 0.2) is 0 Å². The summed E-state index contributed by atoms with van der Waals surface area (Å²) in [6, 6.07) is 70.2. The maximum atomic E-state index is 7.04. The first-order valence-electron chi connectivity index (χ1n) is 22.1. The van der Waals surface area contributed by atoms with Crippen molar-refractivity contribution in [1.29, 1.82) is 0 Å². The van der Waals surface area contributed by atoms with E-state index >= 15 is 0 Å². The summed E-state index contributed by atoms with van der Waals surface area (Å²) in [5.74, 6) is 2.07. The van der Waals surface area contributed by atoms with E-state index in [2.05, 4.69) is 234 Å². The Balaban J connectivity index is 0.977. The summed E-state index contributed by atoms with van der Waals surface area (Å²) in [6.45, 7) is 0. The predicted molar refractivity (Wildman–Crippen MR) is 264 cm³/mol. The van der Waals surface area contributed by atoms with Crippen molar-refractivity contribution in [2.45, 2.75) is 25.2 Å². The van der Waals surface area contributed by atoms with Gasteiger partial charge in [0.1, 0.15) is 11.5 Å². The van der Waals surface area contributed by atoms with Gasteiger partial charge in [-0.05, 0) is 106 Å². The van der Waals surface area contributed by atoms with Gasteiger partial charge in [-0.25, -0.2) is 0 Å². The number of benzene rings is 9. The standard InChI is InChI=1S/C60H44N2O/c1-3-14-41(15-4-1)43-28-32-48(33-29-43)61(56-26-12-20-45-18-7-9-23-52(45)56)50-36-37-58-55(39-50)54-25-11-22-47-38-51(40-59(63-58)60(47)54)62(57-27-13-21-46-19-8-10-24-53(46)57)49-34-30-44(31-35-49)42-16-5-2-6-17-42/h1-28,30,32-34,36-40,43H,29,31,35H2. The molecule has 0 aromatic heterocycles. The summed E-state index contributed by atoms with van der Waals surface area (Å²) in [5, 5.41) is 7.14. The topological polar surface area (TPSA) is 15.7 Å². The van der Waals surface area contributed by atoms with Crippen LogP contribution in [-0.2, 0) is 0 Å². The molecule has 0 spiro atoms. The molecule has 3 heteroatoms. The average molecular weight is 809 g/mol. The first-order chi connectivity index (χ1) is 31.2. The number of hydrogen-bond donors (Lipinski definition) is 0. The van der Waals surface area contributed by atoms with E-state index in [0.717, 1.165) is 75.5 Å². The van der Waals surface area contributed by atoms with Crippen molar-refractivity contribution < 1.29 is 4.74 Å². The third-order valence-electron chi connectivity index (χ3n) is 13.1. The normalized spacial score (nSPS) is 15.3. The summed E-state index contributed by atoms with van der Waals surface area (Å²) in [5.41, 5.74) is 13.2. The van der Waals surface area contributed by atoms with Gasteiger partial charge in [0, 0.05) is 50.8 Å². The third kappa shape index (κ3) is 6.61. The largest absolute Gasteiger partial charge is 0.456 e. The van der Waals surface area contributed by atoms with Gasteiger partial charge in [-0.2, -0.15) is 0 Å². The van der Waals surface area contributed by atoms with Crippen LogP contribution in [0.1, 0.15) is 36.3 Å². The molecule has 0 radical (unpaired) electrons. The zero-order valence-corrected chi connectivity index (χ0v) is 34.9. The molecule has 9 aromatic carbocycles. The highest BCUT2D eigenvalue weighted by molar-refractivity contribution is 6.08. The summed E-state index contributed by atoms with van der Waals surface area (Å²) < 4.78 is 7.04. The van der Waals surface area contributed by atoms with E-state index in [9.17, 15) is 0 Å². The second kappa shape index (κ2) is 15.5. The van der Waals surface area contributed by atoms with Gasteiger partial charge in [-0.15, -0.1) is 0 Å². The Morgan fingerprint density at radius 2 is 1.14 bits per heavy atom. The lowest BCUT2D eigenvalue weighted by Crippen LogP contribution is -2.19. The molecule has 1 heterocycles. The quantitative estimate of drug-likeness (QED) is 0.152. The van der Waals surface area contributed by atoms with Crippen molar-refractivity contribution >= 4 is 60.6 Å². The van der Waals surface area contributed by atoms with Gasteiger partial charge >= 0.3 is 0 Å². The number of hydrogen-bond acceptors (Lipinski definition) is 3. The smallest absolute Gasteiger partial charge is 0.138 e. The molecule has 0 saturated carbocycles. The SMILES string of the molecule is C1=CC(c2ccccc2)CC=C1N(c1ccc2c(c1)-c1cccc3cc(N(C4=CC=C(c5ccccc5)CC4)c4cccc5ccccc45)cc(c13)O2)c1cccc2ccccc12. The van der Waals surface area contributed by atoms with Crippen LogP contribution >= 0.6 is 0 Å². The van der Waals surface area contributed by atoms with Crippen molar-refractivity contribution in [1.82, 2.24) is 0 Å². The first kappa shape index (κ1) is 36.9. The van der Waals surface area contributed by atoms with Gasteiger partial charge in [0.25, 0.3) is 0 Å². The van der Waals surface area contributed by atoms with Gasteiger partial charge in [0.05, 0.1) is 17.1 Å². The van der Waals surface area contributed by atoms with E-state index in [1.807, 2.05) is 0 Å². The molecule has 1 aliphatic heterocycles. The molecular weight excluding hydrogens is 765 g/mol. The summed E-state index contributed by atoms with van der Waals surface area (Å²) in [6.07, 6.45) is 14.5. The van der Waals surface area contributed by atoms with E-state index in [1.54, 1.807) is 0 Å². The Bertz CT molecular complexity index is 3350. The monoisotopic (exact) mass is 808 g/mol. The van der Waals surface area contributed by atoms with E-state index in [-0.39, 0.29) is 0 Å². The van der Waals surface area contributed by atoms with Crippen LogP contribution in [0.4, 0.5) is 22.7 Å². The number of nitrogens with zero attached hydrogens (tertiary/aromatic N) is 2. The van der Waals surface area contributed by atoms with Crippen LogP contribution in [0, 0.1) is 0 Å². The van der Waals surface area contributed by atoms with Gasteiger partial charge in [-0.1, -0.05) is 170 Å². The van der Waals surface area contributed by atoms with Crippen molar-refractivity contribution in [3.63, 3.8) is 0 Å². The number of ether oxygens (including phenoxy) is 1. The Morgan fingerprint density at radius 3 is 1.86 bits per heavy atom. The molecule has 2 aliphatic carbocycles. The number of allylic oxidation sites excluding steroid dienone is 7. The van der Waals surface area contributed by atoms with E-state index in [1.165, 1.54) is 49.5 Å². The second-order valence-corrected chi connectivity index (χ2v) is 16.8. The van der Waals surface area contributed by atoms with E-state index in [4.69, 9.17) is 4.74 Å². The Labute approximate surface area is 368 Å². The Hall–Kier alpha value is -7.88. The molecule has 1 atom stereocenters. The molecule has 0 fully saturated rings. The van der Waals surface area contributed by atoms with Crippen LogP contribution in [0.5, 0.6) is 11.5 Å². The first-order valence-corrected chi connectivity index (χ1v) is 22.1. The Morgan fingerprint density at radius 1 is 0.476 bits per heavy atom. The maximum Gasteiger partial charge on any atom is 0.138 e. The summed E-state index contributed by atoms with van der Waals surface area (Å²) >= 11 is 0. The number of fused-ring (bicyclic) bond motifs is 4. The molecule has 0 saturated heterocycles. The number of anilines is 4.